The van der Waals surface area contributed by atoms with Crippen molar-refractivity contribution in [1.82, 2.24) is 10.6 Å². The van der Waals surface area contributed by atoms with Crippen molar-refractivity contribution in [3.63, 3.8) is 0 Å². The van der Waals surface area contributed by atoms with Gasteiger partial charge < -0.3 is 20.1 Å². The summed E-state index contributed by atoms with van der Waals surface area (Å²) in [6.45, 7) is 5.66. The summed E-state index contributed by atoms with van der Waals surface area (Å²) in [5.41, 5.74) is 0. The van der Waals surface area contributed by atoms with E-state index in [1.165, 1.54) is 0 Å². The van der Waals surface area contributed by atoms with Crippen molar-refractivity contribution in [2.75, 3.05) is 13.2 Å². The first-order valence-electron chi connectivity index (χ1n) is 8.02. The predicted molar refractivity (Wildman–Crippen MR) is 80.4 cm³/mol. The lowest BCUT2D eigenvalue weighted by Crippen LogP contribution is -2.50. The van der Waals surface area contributed by atoms with Crippen molar-refractivity contribution >= 4 is 17.8 Å². The van der Waals surface area contributed by atoms with Crippen LogP contribution < -0.4 is 10.6 Å². The number of esters is 1. The molecule has 0 unspecified atom stereocenters. The van der Waals surface area contributed by atoms with Gasteiger partial charge in [0.25, 0.3) is 5.91 Å². The van der Waals surface area contributed by atoms with Crippen LogP contribution in [0.3, 0.4) is 0 Å². The van der Waals surface area contributed by atoms with Crippen LogP contribution in [0.2, 0.25) is 0 Å². The number of hydrogen-bond acceptors (Lipinski definition) is 5. The predicted octanol–water partition coefficient (Wildman–Crippen LogP) is 0.916. The van der Waals surface area contributed by atoms with E-state index in [9.17, 15) is 27.6 Å². The molecular weight excluding hydrogens is 345 g/mol. The molecule has 1 aliphatic heterocycles. The van der Waals surface area contributed by atoms with Gasteiger partial charge in [-0.2, -0.15) is 13.2 Å². The first-order chi connectivity index (χ1) is 11.5. The second kappa shape index (κ2) is 9.02. The van der Waals surface area contributed by atoms with Crippen molar-refractivity contribution < 1.29 is 37.0 Å². The second-order valence-corrected chi connectivity index (χ2v) is 6.08. The molecule has 0 bridgehead atoms. The van der Waals surface area contributed by atoms with E-state index in [0.717, 1.165) is 0 Å². The van der Waals surface area contributed by atoms with Crippen LogP contribution in [0.5, 0.6) is 0 Å². The van der Waals surface area contributed by atoms with Gasteiger partial charge in [-0.15, -0.1) is 0 Å². The topological polar surface area (TPSA) is 97.0 Å². The summed E-state index contributed by atoms with van der Waals surface area (Å²) in [5.74, 6) is -2.39. The number of rotatable bonds is 9. The maximum atomic E-state index is 12.7. The highest BCUT2D eigenvalue weighted by molar-refractivity contribution is 5.95. The van der Waals surface area contributed by atoms with Gasteiger partial charge in [-0.3, -0.25) is 9.59 Å². The minimum Gasteiger partial charge on any atom is -0.464 e. The zero-order chi connectivity index (χ0) is 19.2. The summed E-state index contributed by atoms with van der Waals surface area (Å²) >= 11 is 0. The maximum absolute atomic E-state index is 12.7. The van der Waals surface area contributed by atoms with E-state index in [0.29, 0.717) is 6.42 Å². The van der Waals surface area contributed by atoms with E-state index < -0.39 is 48.6 Å². The largest absolute Gasteiger partial charge is 0.464 e. The van der Waals surface area contributed by atoms with Crippen LogP contribution in [0.15, 0.2) is 0 Å². The summed E-state index contributed by atoms with van der Waals surface area (Å²) < 4.78 is 47.4. The lowest BCUT2D eigenvalue weighted by Gasteiger charge is -2.19. The molecule has 1 fully saturated rings. The third-order valence-electron chi connectivity index (χ3n) is 3.36. The Bertz CT molecular complexity index is 496. The summed E-state index contributed by atoms with van der Waals surface area (Å²) in [6.07, 6.45) is -7.94. The Morgan fingerprint density at radius 2 is 1.84 bits per heavy atom. The molecule has 7 nitrogen and oxygen atoms in total. The molecule has 0 saturated carbocycles. The molecule has 25 heavy (non-hydrogen) atoms. The zero-order valence-corrected chi connectivity index (χ0v) is 14.3. The summed E-state index contributed by atoms with van der Waals surface area (Å²) in [7, 11) is 0. The zero-order valence-electron chi connectivity index (χ0n) is 14.3. The summed E-state index contributed by atoms with van der Waals surface area (Å²) in [4.78, 5) is 35.2. The third kappa shape index (κ3) is 7.72. The lowest BCUT2D eigenvalue weighted by molar-refractivity contribution is -0.151. The maximum Gasteiger partial charge on any atom is 0.391 e. The first kappa shape index (κ1) is 21.2. The van der Waals surface area contributed by atoms with Gasteiger partial charge in [0.1, 0.15) is 6.04 Å². The fraction of sp³-hybridized carbons (Fsp3) is 0.800. The molecular formula is C15H23F3N2O5. The number of nitrogens with one attached hydrogen (secondary N) is 2. The second-order valence-electron chi connectivity index (χ2n) is 6.08. The number of hydrogen-bond donors (Lipinski definition) is 2. The van der Waals surface area contributed by atoms with Crippen LogP contribution in [0, 0.1) is 5.92 Å². The van der Waals surface area contributed by atoms with E-state index in [1.807, 2.05) is 19.2 Å². The van der Waals surface area contributed by atoms with Gasteiger partial charge in [0.2, 0.25) is 5.91 Å². The van der Waals surface area contributed by atoms with Crippen LogP contribution in [0.1, 0.15) is 33.6 Å². The molecule has 2 N–H and O–H groups in total. The molecule has 0 aromatic rings. The SMILES string of the molecule is CCOC(=O)[C@H]1O[C@@H]1C(=O)N[C@@H](CC(F)(F)F)C(=O)NCCC(C)C. The Labute approximate surface area is 143 Å². The Morgan fingerprint density at radius 3 is 2.36 bits per heavy atom. The fourth-order valence-corrected chi connectivity index (χ4v) is 2.02. The Hall–Kier alpha value is -1.84. The molecule has 0 aromatic heterocycles. The number of ether oxygens (including phenoxy) is 2. The van der Waals surface area contributed by atoms with Crippen molar-refractivity contribution in [3.8, 4) is 0 Å². The van der Waals surface area contributed by atoms with Crippen LogP contribution >= 0.6 is 0 Å². The highest BCUT2D eigenvalue weighted by Gasteiger charge is 2.52. The van der Waals surface area contributed by atoms with Gasteiger partial charge in [0.05, 0.1) is 13.0 Å². The van der Waals surface area contributed by atoms with E-state index in [-0.39, 0.29) is 19.1 Å². The van der Waals surface area contributed by atoms with E-state index in [1.54, 1.807) is 6.92 Å². The normalized spacial score (nSPS) is 20.8. The average molecular weight is 368 g/mol. The molecule has 0 spiro atoms. The van der Waals surface area contributed by atoms with Gasteiger partial charge >= 0.3 is 12.1 Å². The Kier molecular flexibility index (Phi) is 7.65. The van der Waals surface area contributed by atoms with Crippen LogP contribution in [0.4, 0.5) is 13.2 Å². The quantitative estimate of drug-likeness (QED) is 0.466. The number of carbonyl (C=O) groups excluding carboxylic acids is 3. The van der Waals surface area contributed by atoms with Crippen molar-refractivity contribution in [3.05, 3.63) is 0 Å². The van der Waals surface area contributed by atoms with Gasteiger partial charge in [0, 0.05) is 6.54 Å². The van der Waals surface area contributed by atoms with Gasteiger partial charge in [0.15, 0.2) is 12.2 Å². The number of amides is 2. The lowest BCUT2D eigenvalue weighted by atomic mass is 10.1. The molecule has 144 valence electrons. The highest BCUT2D eigenvalue weighted by Crippen LogP contribution is 2.25. The van der Waals surface area contributed by atoms with Gasteiger partial charge in [-0.1, -0.05) is 13.8 Å². The number of epoxide rings is 1. The van der Waals surface area contributed by atoms with Gasteiger partial charge in [-0.05, 0) is 19.3 Å². The van der Waals surface area contributed by atoms with Crippen molar-refractivity contribution in [2.24, 2.45) is 5.92 Å². The molecule has 2 amide bonds. The third-order valence-corrected chi connectivity index (χ3v) is 3.36. The molecule has 1 saturated heterocycles. The smallest absolute Gasteiger partial charge is 0.391 e. The van der Waals surface area contributed by atoms with Crippen LogP contribution in [0.25, 0.3) is 0 Å². The van der Waals surface area contributed by atoms with Crippen molar-refractivity contribution in [1.29, 1.82) is 0 Å². The molecule has 3 atom stereocenters. The molecule has 0 radical (unpaired) electrons. The van der Waals surface area contributed by atoms with E-state index in [4.69, 9.17) is 4.74 Å². The highest BCUT2D eigenvalue weighted by atomic mass is 19.4. The minimum absolute atomic E-state index is 0.0853. The number of alkyl halides is 3. The molecule has 1 aliphatic rings. The molecule has 0 aliphatic carbocycles. The standard InChI is InChI=1S/C15H23F3N2O5/c1-4-24-14(23)11-10(25-11)13(22)20-9(7-15(16,17)18)12(21)19-6-5-8(2)3/h8-11H,4-7H2,1-3H3,(H,19,21)(H,20,22)/t9-,10-,11-/m0/s1. The Morgan fingerprint density at radius 1 is 1.20 bits per heavy atom. The van der Waals surface area contributed by atoms with Gasteiger partial charge in [-0.25, -0.2) is 4.79 Å². The summed E-state index contributed by atoms with van der Waals surface area (Å²) in [5, 5.41) is 4.37. The monoisotopic (exact) mass is 368 g/mol. The molecule has 10 heteroatoms. The first-order valence-corrected chi connectivity index (χ1v) is 8.02. The van der Waals surface area contributed by atoms with Crippen molar-refractivity contribution in [2.45, 2.75) is 58.0 Å². The molecule has 1 heterocycles. The molecule has 1 rings (SSSR count). The van der Waals surface area contributed by atoms with Crippen LogP contribution in [-0.4, -0.2) is 55.4 Å². The van der Waals surface area contributed by atoms with E-state index in [2.05, 4.69) is 10.1 Å². The Balaban J connectivity index is 2.60. The number of carbonyl (C=O) groups is 3. The summed E-state index contributed by atoms with van der Waals surface area (Å²) in [6, 6.07) is -1.79. The average Bonchev–Trinajstić information content (AvgIpc) is 3.25. The fourth-order valence-electron chi connectivity index (χ4n) is 2.02. The number of halogens is 3. The van der Waals surface area contributed by atoms with E-state index >= 15 is 0 Å². The molecule has 0 aromatic carbocycles. The van der Waals surface area contributed by atoms with Crippen LogP contribution in [-0.2, 0) is 23.9 Å². The minimum atomic E-state index is -4.64.